The highest BCUT2D eigenvalue weighted by Gasteiger charge is 2.19. The lowest BCUT2D eigenvalue weighted by atomic mass is 10.0. The third-order valence-corrected chi connectivity index (χ3v) is 3.70. The van der Waals surface area contributed by atoms with Gasteiger partial charge in [0.1, 0.15) is 0 Å². The van der Waals surface area contributed by atoms with Crippen molar-refractivity contribution in [3.63, 3.8) is 0 Å². The number of hydrogen-bond acceptors (Lipinski definition) is 4. The molecule has 0 fully saturated rings. The highest BCUT2D eigenvalue weighted by molar-refractivity contribution is 6.30. The van der Waals surface area contributed by atoms with E-state index in [1.807, 2.05) is 6.07 Å². The smallest absolute Gasteiger partial charge is 0.307 e. The molecule has 1 N–H and O–H groups in total. The van der Waals surface area contributed by atoms with Gasteiger partial charge in [-0.15, -0.1) is 0 Å². The summed E-state index contributed by atoms with van der Waals surface area (Å²) in [6.07, 6.45) is 0.000150. The van der Waals surface area contributed by atoms with Gasteiger partial charge in [0.05, 0.1) is 31.2 Å². The molecule has 0 bridgehead atoms. The summed E-state index contributed by atoms with van der Waals surface area (Å²) in [5.41, 5.74) is 1.61. The van der Waals surface area contributed by atoms with Crippen LogP contribution in [0.5, 0.6) is 0 Å². The average Bonchev–Trinajstić information content (AvgIpc) is 2.61. The molecule has 0 spiro atoms. The molecule has 0 saturated carbocycles. The maximum atomic E-state index is 12.4. The van der Waals surface area contributed by atoms with Crippen molar-refractivity contribution in [3.05, 3.63) is 70.2 Å². The summed E-state index contributed by atoms with van der Waals surface area (Å²) in [7, 11) is 1.30. The zero-order valence-electron chi connectivity index (χ0n) is 13.0. The van der Waals surface area contributed by atoms with Gasteiger partial charge in [-0.3, -0.25) is 9.59 Å². The van der Waals surface area contributed by atoms with Crippen LogP contribution in [0.1, 0.15) is 33.9 Å². The van der Waals surface area contributed by atoms with Gasteiger partial charge in [-0.2, -0.15) is 5.26 Å². The second-order valence-electron chi connectivity index (χ2n) is 5.05. The van der Waals surface area contributed by atoms with Crippen molar-refractivity contribution in [2.75, 3.05) is 7.11 Å². The third kappa shape index (κ3) is 4.58. The number of amides is 1. The molecule has 0 aliphatic rings. The van der Waals surface area contributed by atoms with E-state index >= 15 is 0 Å². The van der Waals surface area contributed by atoms with Crippen LogP contribution in [-0.2, 0) is 9.53 Å². The second-order valence-corrected chi connectivity index (χ2v) is 5.48. The van der Waals surface area contributed by atoms with Gasteiger partial charge in [0, 0.05) is 10.6 Å². The molecular formula is C18H15ClN2O3. The lowest BCUT2D eigenvalue weighted by Crippen LogP contribution is -2.30. The number of carbonyl (C=O) groups excluding carboxylic acids is 2. The molecule has 5 nitrogen and oxygen atoms in total. The van der Waals surface area contributed by atoms with Crippen molar-refractivity contribution in [2.45, 2.75) is 12.5 Å². The van der Waals surface area contributed by atoms with E-state index in [0.717, 1.165) is 5.56 Å². The Hall–Kier alpha value is -2.84. The van der Waals surface area contributed by atoms with Crippen molar-refractivity contribution in [1.82, 2.24) is 5.32 Å². The predicted molar refractivity (Wildman–Crippen MR) is 89.4 cm³/mol. The summed E-state index contributed by atoms with van der Waals surface area (Å²) in [5.74, 6) is -0.779. The first-order valence-electron chi connectivity index (χ1n) is 7.17. The Kier molecular flexibility index (Phi) is 5.94. The Balaban J connectivity index is 2.20. The molecule has 1 amide bonds. The first-order valence-corrected chi connectivity index (χ1v) is 7.54. The summed E-state index contributed by atoms with van der Waals surface area (Å²) in [5, 5.41) is 12.2. The third-order valence-electron chi connectivity index (χ3n) is 3.45. The molecule has 1 unspecified atom stereocenters. The van der Waals surface area contributed by atoms with Crippen LogP contribution in [0, 0.1) is 11.3 Å². The number of ether oxygens (including phenoxy) is 1. The Bertz CT molecular complexity index is 764. The molecule has 24 heavy (non-hydrogen) atoms. The van der Waals surface area contributed by atoms with Crippen LogP contribution in [0.3, 0.4) is 0 Å². The summed E-state index contributed by atoms with van der Waals surface area (Å²) in [6, 6.07) is 14.6. The highest BCUT2D eigenvalue weighted by atomic mass is 35.5. The van der Waals surface area contributed by atoms with Crippen LogP contribution < -0.4 is 5.32 Å². The minimum Gasteiger partial charge on any atom is -0.469 e. The van der Waals surface area contributed by atoms with Gasteiger partial charge < -0.3 is 10.1 Å². The zero-order chi connectivity index (χ0) is 17.5. The van der Waals surface area contributed by atoms with Crippen LogP contribution in [0.4, 0.5) is 0 Å². The first kappa shape index (κ1) is 17.5. The quantitative estimate of drug-likeness (QED) is 0.846. The van der Waals surface area contributed by atoms with Crippen LogP contribution in [0.15, 0.2) is 48.5 Å². The van der Waals surface area contributed by atoms with Crippen LogP contribution in [-0.4, -0.2) is 19.0 Å². The van der Waals surface area contributed by atoms with Crippen molar-refractivity contribution < 1.29 is 14.3 Å². The molecule has 2 aromatic rings. The van der Waals surface area contributed by atoms with Crippen LogP contribution in [0.2, 0.25) is 5.02 Å². The number of halogens is 1. The molecule has 0 aliphatic heterocycles. The molecule has 0 heterocycles. The number of hydrogen-bond donors (Lipinski definition) is 1. The largest absolute Gasteiger partial charge is 0.469 e. The van der Waals surface area contributed by atoms with E-state index in [1.165, 1.54) is 7.11 Å². The fourth-order valence-electron chi connectivity index (χ4n) is 2.14. The summed E-state index contributed by atoms with van der Waals surface area (Å²) in [4.78, 5) is 24.0. The number of methoxy groups -OCH3 is 1. The minimum absolute atomic E-state index is 0.000150. The average molecular weight is 343 g/mol. The molecule has 2 rings (SSSR count). The fraction of sp³-hybridized carbons (Fsp3) is 0.167. The van der Waals surface area contributed by atoms with Gasteiger partial charge in [-0.25, -0.2) is 0 Å². The maximum absolute atomic E-state index is 12.4. The normalized spacial score (nSPS) is 11.2. The van der Waals surface area contributed by atoms with Crippen molar-refractivity contribution >= 4 is 23.5 Å². The number of rotatable bonds is 5. The Morgan fingerprint density at radius 1 is 1.17 bits per heavy atom. The van der Waals surface area contributed by atoms with E-state index in [-0.39, 0.29) is 12.3 Å². The molecule has 0 radical (unpaired) electrons. The monoisotopic (exact) mass is 342 g/mol. The Morgan fingerprint density at radius 2 is 1.79 bits per heavy atom. The number of nitriles is 1. The van der Waals surface area contributed by atoms with Crippen LogP contribution in [0.25, 0.3) is 0 Å². The summed E-state index contributed by atoms with van der Waals surface area (Å²) < 4.78 is 4.69. The molecule has 0 aliphatic carbocycles. The molecule has 1 atom stereocenters. The van der Waals surface area contributed by atoms with Gasteiger partial charge in [-0.1, -0.05) is 23.7 Å². The van der Waals surface area contributed by atoms with Crippen molar-refractivity contribution in [2.24, 2.45) is 0 Å². The molecule has 0 saturated heterocycles. The molecule has 122 valence electrons. The number of benzene rings is 2. The second kappa shape index (κ2) is 8.14. The predicted octanol–water partition coefficient (Wildman–Crippen LogP) is 3.25. The zero-order valence-corrected chi connectivity index (χ0v) is 13.7. The standard InChI is InChI=1S/C18H15ClN2O3/c1-24-17(22)10-16(13-6-8-15(19)9-7-13)21-18(23)14-4-2-12(11-20)3-5-14/h2-9,16H,10H2,1H3,(H,21,23). The number of nitrogens with zero attached hydrogens (tertiary/aromatic N) is 1. The van der Waals surface area contributed by atoms with Gasteiger partial charge in [0.25, 0.3) is 5.91 Å². The summed E-state index contributed by atoms with van der Waals surface area (Å²) in [6.45, 7) is 0. The number of carbonyl (C=O) groups is 2. The minimum atomic E-state index is -0.544. The molecule has 2 aromatic carbocycles. The summed E-state index contributed by atoms with van der Waals surface area (Å²) >= 11 is 5.87. The van der Waals surface area contributed by atoms with Crippen molar-refractivity contribution in [3.8, 4) is 6.07 Å². The van der Waals surface area contributed by atoms with Gasteiger partial charge in [0.15, 0.2) is 0 Å². The van der Waals surface area contributed by atoms with E-state index in [9.17, 15) is 9.59 Å². The van der Waals surface area contributed by atoms with Crippen LogP contribution >= 0.6 is 11.6 Å². The van der Waals surface area contributed by atoms with Gasteiger partial charge >= 0.3 is 5.97 Å². The van der Waals surface area contributed by atoms with Crippen molar-refractivity contribution in [1.29, 1.82) is 5.26 Å². The number of esters is 1. The van der Waals surface area contributed by atoms with Gasteiger partial charge in [0.2, 0.25) is 0 Å². The lowest BCUT2D eigenvalue weighted by molar-refractivity contribution is -0.141. The van der Waals surface area contributed by atoms with Gasteiger partial charge in [-0.05, 0) is 42.0 Å². The van der Waals surface area contributed by atoms with E-state index in [2.05, 4.69) is 5.32 Å². The van der Waals surface area contributed by atoms with E-state index in [0.29, 0.717) is 16.1 Å². The lowest BCUT2D eigenvalue weighted by Gasteiger charge is -2.18. The Morgan fingerprint density at radius 3 is 2.33 bits per heavy atom. The molecule has 6 heteroatoms. The molecule has 0 aromatic heterocycles. The van der Waals surface area contributed by atoms with E-state index in [1.54, 1.807) is 48.5 Å². The fourth-order valence-corrected chi connectivity index (χ4v) is 2.26. The molecular weight excluding hydrogens is 328 g/mol. The SMILES string of the molecule is COC(=O)CC(NC(=O)c1ccc(C#N)cc1)c1ccc(Cl)cc1. The maximum Gasteiger partial charge on any atom is 0.307 e. The topological polar surface area (TPSA) is 79.2 Å². The van der Waals surface area contributed by atoms with E-state index in [4.69, 9.17) is 21.6 Å². The Labute approximate surface area is 144 Å². The first-order chi connectivity index (χ1) is 11.5. The number of nitrogens with one attached hydrogen (secondary N) is 1. The highest BCUT2D eigenvalue weighted by Crippen LogP contribution is 2.20. The van der Waals surface area contributed by atoms with E-state index < -0.39 is 12.0 Å².